The van der Waals surface area contributed by atoms with Gasteiger partial charge in [0.15, 0.2) is 0 Å². The number of carbonyl (C=O) groups excluding carboxylic acids is 2. The van der Waals surface area contributed by atoms with Gasteiger partial charge in [0, 0.05) is 30.4 Å². The van der Waals surface area contributed by atoms with Crippen LogP contribution in [-0.2, 0) is 13.0 Å². The molecule has 0 saturated heterocycles. The van der Waals surface area contributed by atoms with E-state index in [0.29, 0.717) is 24.6 Å². The molecule has 0 radical (unpaired) electrons. The molecule has 0 spiro atoms. The largest absolute Gasteiger partial charge is 0.338 e. The van der Waals surface area contributed by atoms with Crippen molar-refractivity contribution in [3.8, 4) is 0 Å². The van der Waals surface area contributed by atoms with Gasteiger partial charge in [0.05, 0.1) is 0 Å². The predicted molar refractivity (Wildman–Crippen MR) is 108 cm³/mol. The van der Waals surface area contributed by atoms with Gasteiger partial charge in [-0.3, -0.25) is 4.79 Å². The van der Waals surface area contributed by atoms with Crippen LogP contribution in [0, 0.1) is 5.92 Å². The van der Waals surface area contributed by atoms with Crippen molar-refractivity contribution in [2.45, 2.75) is 39.8 Å². The van der Waals surface area contributed by atoms with Crippen LogP contribution >= 0.6 is 0 Å². The van der Waals surface area contributed by atoms with Crippen LogP contribution in [0.4, 0.5) is 10.5 Å². The summed E-state index contributed by atoms with van der Waals surface area (Å²) in [4.78, 5) is 26.7. The summed E-state index contributed by atoms with van der Waals surface area (Å²) < 4.78 is 0. The lowest BCUT2D eigenvalue weighted by Gasteiger charge is -2.23. The van der Waals surface area contributed by atoms with E-state index in [1.54, 1.807) is 0 Å². The molecule has 2 aromatic rings. The van der Waals surface area contributed by atoms with Gasteiger partial charge in [-0.05, 0) is 48.6 Å². The van der Waals surface area contributed by atoms with Crippen LogP contribution in [0.2, 0.25) is 0 Å². The van der Waals surface area contributed by atoms with Gasteiger partial charge >= 0.3 is 6.03 Å². The van der Waals surface area contributed by atoms with Crippen LogP contribution in [0.25, 0.3) is 0 Å². The molecule has 3 amide bonds. The van der Waals surface area contributed by atoms with Crippen molar-refractivity contribution in [2.24, 2.45) is 5.92 Å². The Morgan fingerprint density at radius 3 is 2.56 bits per heavy atom. The van der Waals surface area contributed by atoms with Gasteiger partial charge in [0.2, 0.25) is 0 Å². The third kappa shape index (κ3) is 4.48. The molecule has 142 valence electrons. The van der Waals surface area contributed by atoms with Gasteiger partial charge in [0.1, 0.15) is 0 Å². The first kappa shape index (κ1) is 19.0. The zero-order valence-corrected chi connectivity index (χ0v) is 16.2. The Balaban J connectivity index is 1.73. The highest BCUT2D eigenvalue weighted by Crippen LogP contribution is 2.34. The number of hydrogen-bond donors (Lipinski definition) is 2. The Morgan fingerprint density at radius 2 is 1.85 bits per heavy atom. The van der Waals surface area contributed by atoms with Crippen molar-refractivity contribution in [1.82, 2.24) is 10.6 Å². The number of nitrogens with zero attached hydrogens (tertiary/aromatic N) is 1. The number of carbonyl (C=O) groups is 2. The van der Waals surface area contributed by atoms with Crippen molar-refractivity contribution >= 4 is 17.6 Å². The minimum absolute atomic E-state index is 0.0154. The van der Waals surface area contributed by atoms with Crippen LogP contribution in [-0.4, -0.2) is 24.5 Å². The van der Waals surface area contributed by atoms with E-state index in [1.807, 2.05) is 47.4 Å². The summed E-state index contributed by atoms with van der Waals surface area (Å²) in [6.07, 6.45) is 0.844. The number of hydrogen-bond acceptors (Lipinski definition) is 2. The zero-order chi connectivity index (χ0) is 19.4. The molecule has 27 heavy (non-hydrogen) atoms. The predicted octanol–water partition coefficient (Wildman–Crippen LogP) is 3.73. The summed E-state index contributed by atoms with van der Waals surface area (Å²) in [5, 5.41) is 5.72. The van der Waals surface area contributed by atoms with Gasteiger partial charge < -0.3 is 15.5 Å². The standard InChI is InChI=1S/C22H27N3O2/c1-15(2)13-23-22(27)24-14-17-9-10-19-11-16(3)25(20(19)12-17)21(26)18-7-5-4-6-8-18/h4-10,12,15-16H,11,13-14H2,1-3H3,(H2,23,24,27)/t16-/m1/s1. The lowest BCUT2D eigenvalue weighted by Crippen LogP contribution is -2.37. The second kappa shape index (κ2) is 8.25. The quantitative estimate of drug-likeness (QED) is 0.848. The number of anilines is 1. The van der Waals surface area contributed by atoms with E-state index in [9.17, 15) is 9.59 Å². The van der Waals surface area contributed by atoms with Gasteiger partial charge in [-0.1, -0.05) is 44.2 Å². The smallest absolute Gasteiger partial charge is 0.315 e. The summed E-state index contributed by atoms with van der Waals surface area (Å²) in [5.74, 6) is 0.427. The lowest BCUT2D eigenvalue weighted by atomic mass is 10.1. The first-order valence-corrected chi connectivity index (χ1v) is 9.48. The molecule has 5 heteroatoms. The summed E-state index contributed by atoms with van der Waals surface area (Å²) in [6, 6.07) is 15.4. The SMILES string of the molecule is CC(C)CNC(=O)NCc1ccc2c(c1)N(C(=O)c1ccccc1)[C@H](C)C2. The van der Waals surface area contributed by atoms with E-state index in [2.05, 4.69) is 37.5 Å². The normalized spacial score (nSPS) is 15.6. The molecule has 0 fully saturated rings. The monoisotopic (exact) mass is 365 g/mol. The second-order valence-electron chi connectivity index (χ2n) is 7.51. The average Bonchev–Trinajstić information content (AvgIpc) is 2.99. The highest BCUT2D eigenvalue weighted by Gasteiger charge is 2.31. The summed E-state index contributed by atoms with van der Waals surface area (Å²) in [7, 11) is 0. The molecule has 1 aliphatic heterocycles. The maximum Gasteiger partial charge on any atom is 0.315 e. The number of rotatable bonds is 5. The van der Waals surface area contributed by atoms with Crippen molar-refractivity contribution in [2.75, 3.05) is 11.4 Å². The molecule has 0 unspecified atom stereocenters. The van der Waals surface area contributed by atoms with E-state index in [0.717, 1.165) is 17.7 Å². The average molecular weight is 365 g/mol. The molecular weight excluding hydrogens is 338 g/mol. The first-order valence-electron chi connectivity index (χ1n) is 9.48. The van der Waals surface area contributed by atoms with Crippen LogP contribution in [0.5, 0.6) is 0 Å². The molecule has 2 aromatic carbocycles. The Hall–Kier alpha value is -2.82. The number of nitrogens with one attached hydrogen (secondary N) is 2. The van der Waals surface area contributed by atoms with Crippen molar-refractivity contribution in [1.29, 1.82) is 0 Å². The van der Waals surface area contributed by atoms with Crippen molar-refractivity contribution in [3.63, 3.8) is 0 Å². The number of benzene rings is 2. The molecule has 0 aliphatic carbocycles. The number of fused-ring (bicyclic) bond motifs is 1. The topological polar surface area (TPSA) is 61.4 Å². The number of urea groups is 1. The van der Waals surface area contributed by atoms with E-state index in [-0.39, 0.29) is 18.0 Å². The highest BCUT2D eigenvalue weighted by atomic mass is 16.2. The Kier molecular flexibility index (Phi) is 5.79. The molecule has 1 aliphatic rings. The maximum absolute atomic E-state index is 13.0. The first-order chi connectivity index (χ1) is 13.0. The molecule has 2 N–H and O–H groups in total. The summed E-state index contributed by atoms with van der Waals surface area (Å²) in [6.45, 7) is 7.25. The molecule has 0 saturated carbocycles. The minimum atomic E-state index is -0.171. The van der Waals surface area contributed by atoms with Crippen LogP contribution < -0.4 is 15.5 Å². The Bertz CT molecular complexity index is 818. The van der Waals surface area contributed by atoms with Gasteiger partial charge in [0.25, 0.3) is 5.91 Å². The molecule has 5 nitrogen and oxygen atoms in total. The van der Waals surface area contributed by atoms with Gasteiger partial charge in [-0.25, -0.2) is 4.79 Å². The second-order valence-corrected chi connectivity index (χ2v) is 7.51. The van der Waals surface area contributed by atoms with Crippen molar-refractivity contribution in [3.05, 3.63) is 65.2 Å². The fourth-order valence-electron chi connectivity index (χ4n) is 3.33. The third-order valence-corrected chi connectivity index (χ3v) is 4.73. The fraction of sp³-hybridized carbons (Fsp3) is 0.364. The van der Waals surface area contributed by atoms with E-state index < -0.39 is 0 Å². The van der Waals surface area contributed by atoms with Crippen LogP contribution in [0.3, 0.4) is 0 Å². The summed E-state index contributed by atoms with van der Waals surface area (Å²) in [5.41, 5.74) is 3.78. The molecule has 1 heterocycles. The number of amides is 3. The van der Waals surface area contributed by atoms with Crippen molar-refractivity contribution < 1.29 is 9.59 Å². The third-order valence-electron chi connectivity index (χ3n) is 4.73. The molecule has 0 bridgehead atoms. The summed E-state index contributed by atoms with van der Waals surface area (Å²) >= 11 is 0. The van der Waals surface area contributed by atoms with Gasteiger partial charge in [-0.15, -0.1) is 0 Å². The fourth-order valence-corrected chi connectivity index (χ4v) is 3.33. The molecule has 0 aromatic heterocycles. The molecule has 1 atom stereocenters. The van der Waals surface area contributed by atoms with Crippen LogP contribution in [0.15, 0.2) is 48.5 Å². The van der Waals surface area contributed by atoms with E-state index in [1.165, 1.54) is 5.56 Å². The van der Waals surface area contributed by atoms with Gasteiger partial charge in [-0.2, -0.15) is 0 Å². The highest BCUT2D eigenvalue weighted by molar-refractivity contribution is 6.07. The van der Waals surface area contributed by atoms with E-state index in [4.69, 9.17) is 0 Å². The van der Waals surface area contributed by atoms with Crippen LogP contribution in [0.1, 0.15) is 42.3 Å². The molecule has 3 rings (SSSR count). The maximum atomic E-state index is 13.0. The Labute approximate surface area is 160 Å². The lowest BCUT2D eigenvalue weighted by molar-refractivity contribution is 0.0981. The minimum Gasteiger partial charge on any atom is -0.338 e. The Morgan fingerprint density at radius 1 is 1.11 bits per heavy atom. The van der Waals surface area contributed by atoms with E-state index >= 15 is 0 Å². The molecular formula is C22H27N3O2. The zero-order valence-electron chi connectivity index (χ0n) is 16.2.